The molecule has 4 rings (SSSR count). The van der Waals surface area contributed by atoms with Crippen molar-refractivity contribution in [2.24, 2.45) is 0 Å². The number of carbonyl (C=O) groups excluding carboxylic acids is 1. The Kier molecular flexibility index (Phi) is 7.64. The topological polar surface area (TPSA) is 196 Å². The number of aliphatic hydroxyl groups excluding tert-OH is 3. The highest BCUT2D eigenvalue weighted by molar-refractivity contribution is 5.88. The molecule has 0 aliphatic carbocycles. The van der Waals surface area contributed by atoms with Gasteiger partial charge in [0.1, 0.15) is 47.9 Å². The minimum Gasteiger partial charge on any atom is -0.507 e. The molecule has 1 aromatic heterocycles. The van der Waals surface area contributed by atoms with E-state index in [9.17, 15) is 35.4 Å². The molecule has 0 radical (unpaired) electrons. The van der Waals surface area contributed by atoms with E-state index in [0.717, 1.165) is 13.0 Å². The summed E-state index contributed by atoms with van der Waals surface area (Å²) < 4.78 is 32.7. The van der Waals surface area contributed by atoms with Crippen molar-refractivity contribution < 1.29 is 63.5 Å². The first-order valence-corrected chi connectivity index (χ1v) is 11.3. The molecule has 0 unspecified atom stereocenters. The third-order valence-corrected chi connectivity index (χ3v) is 5.92. The summed E-state index contributed by atoms with van der Waals surface area (Å²) in [5.41, 5.74) is 0.294. The van der Waals surface area contributed by atoms with Crippen LogP contribution in [0.15, 0.2) is 34.7 Å². The lowest BCUT2D eigenvalue weighted by molar-refractivity contribution is -0.278. The Bertz CT molecular complexity index is 1320. The van der Waals surface area contributed by atoms with Crippen molar-refractivity contribution in [3.05, 3.63) is 30.3 Å². The van der Waals surface area contributed by atoms with Gasteiger partial charge in [-0.15, -0.1) is 0 Å². The first-order valence-electron chi connectivity index (χ1n) is 11.3. The largest absolute Gasteiger partial charge is 0.507 e. The number of aliphatic hydroxyl groups is 3. The van der Waals surface area contributed by atoms with E-state index in [2.05, 4.69) is 0 Å². The van der Waals surface area contributed by atoms with Gasteiger partial charge in [0.25, 0.3) is 0 Å². The van der Waals surface area contributed by atoms with Gasteiger partial charge in [-0.2, -0.15) is 0 Å². The van der Waals surface area contributed by atoms with Gasteiger partial charge in [-0.05, 0) is 0 Å². The average molecular weight is 535 g/mol. The summed E-state index contributed by atoms with van der Waals surface area (Å²) in [5, 5.41) is 62.0. The summed E-state index contributed by atoms with van der Waals surface area (Å²) in [6, 6.07) is 6.47. The number of benzene rings is 2. The quantitative estimate of drug-likeness (QED) is 0.187. The zero-order chi connectivity index (χ0) is 27.7. The van der Waals surface area contributed by atoms with Gasteiger partial charge in [0.2, 0.25) is 17.8 Å². The summed E-state index contributed by atoms with van der Waals surface area (Å²) in [4.78, 5) is 11.2. The van der Waals surface area contributed by atoms with Crippen molar-refractivity contribution in [2.45, 2.75) is 37.6 Å². The van der Waals surface area contributed by atoms with E-state index in [0.29, 0.717) is 0 Å². The summed E-state index contributed by atoms with van der Waals surface area (Å²) in [5.74, 6) is -1.68. The number of methoxy groups -OCH3 is 2. The predicted molar refractivity (Wildman–Crippen MR) is 128 cm³/mol. The van der Waals surface area contributed by atoms with Crippen molar-refractivity contribution in [1.29, 1.82) is 0 Å². The molecule has 0 spiro atoms. The Hall–Kier alpha value is -4.04. The van der Waals surface area contributed by atoms with E-state index >= 15 is 0 Å². The molecule has 1 saturated heterocycles. The molecule has 13 nitrogen and oxygen atoms in total. The monoisotopic (exact) mass is 535 g/mol. The predicted octanol–water partition coefficient (Wildman–Crippen LogP) is 1.26. The van der Waals surface area contributed by atoms with Gasteiger partial charge in [-0.3, -0.25) is 4.79 Å². The van der Waals surface area contributed by atoms with E-state index in [1.807, 2.05) is 0 Å². The number of hydrogen-bond acceptors (Lipinski definition) is 12. The van der Waals surface area contributed by atoms with Crippen LogP contribution in [-0.4, -0.2) is 88.1 Å². The van der Waals surface area contributed by atoms with Crippen molar-refractivity contribution in [3.8, 4) is 45.8 Å². The third kappa shape index (κ3) is 5.17. The molecule has 1 fully saturated rings. The first-order chi connectivity index (χ1) is 18.0. The number of aromatic hydroxyl groups is 3. The second-order valence-electron chi connectivity index (χ2n) is 8.48. The van der Waals surface area contributed by atoms with Gasteiger partial charge in [0.15, 0.2) is 11.5 Å². The maximum absolute atomic E-state index is 11.2. The smallest absolute Gasteiger partial charge is 0.402 e. The molecular weight excluding hydrogens is 508 g/mol. The van der Waals surface area contributed by atoms with E-state index in [-0.39, 0.29) is 56.8 Å². The zero-order valence-corrected chi connectivity index (χ0v) is 20.5. The van der Waals surface area contributed by atoms with Crippen LogP contribution in [0.3, 0.4) is 0 Å². The van der Waals surface area contributed by atoms with Gasteiger partial charge in [-0.25, -0.2) is 4.42 Å². The lowest BCUT2D eigenvalue weighted by atomic mass is 9.99. The Balaban J connectivity index is 1.83. The Labute approximate surface area is 215 Å². The number of ether oxygens (including phenoxy) is 5. The second kappa shape index (κ2) is 10.8. The summed E-state index contributed by atoms with van der Waals surface area (Å²) in [7, 11) is 2.65. The van der Waals surface area contributed by atoms with Crippen LogP contribution in [0.2, 0.25) is 0 Å². The molecule has 2 aromatic carbocycles. The van der Waals surface area contributed by atoms with Gasteiger partial charge in [0.05, 0.1) is 25.8 Å². The second-order valence-corrected chi connectivity index (χ2v) is 8.48. The molecule has 38 heavy (non-hydrogen) atoms. The van der Waals surface area contributed by atoms with Crippen LogP contribution in [-0.2, 0) is 14.3 Å². The fourth-order valence-corrected chi connectivity index (χ4v) is 3.97. The van der Waals surface area contributed by atoms with Gasteiger partial charge >= 0.3 is 17.3 Å². The standard InChI is InChI=1S/C25H26O13/c1-10(26)35-9-19-21(30)22(31)23(32)25(38-19)37-18-8-13-14(28)6-12(27)7-15(13)36-24(18)11-4-16(33-2)20(29)17(5-11)34-3/h4-8,19,21-23,25,30-32H,9H2,1-3H3,(H2-,27,28,29)/p+1/t19-,21-,22+,23-,25-/m1/s1. The number of esters is 1. The van der Waals surface area contributed by atoms with Gasteiger partial charge < -0.3 is 54.3 Å². The minimum absolute atomic E-state index is 0.0216. The summed E-state index contributed by atoms with van der Waals surface area (Å²) >= 11 is 0. The first kappa shape index (κ1) is 27.0. The zero-order valence-electron chi connectivity index (χ0n) is 20.5. The maximum Gasteiger partial charge on any atom is 0.402 e. The lowest BCUT2D eigenvalue weighted by Crippen LogP contribution is -2.60. The Morgan fingerprint density at radius 1 is 0.921 bits per heavy atom. The highest BCUT2D eigenvalue weighted by atomic mass is 16.7. The number of phenols is 3. The van der Waals surface area contributed by atoms with Crippen LogP contribution in [0.1, 0.15) is 6.92 Å². The molecule has 1 aliphatic heterocycles. The molecular formula is C25H27O13+. The van der Waals surface area contributed by atoms with Gasteiger partial charge in [0, 0.05) is 31.2 Å². The van der Waals surface area contributed by atoms with Crippen molar-refractivity contribution in [1.82, 2.24) is 0 Å². The molecule has 6 N–H and O–H groups in total. The van der Waals surface area contributed by atoms with Crippen LogP contribution < -0.4 is 14.2 Å². The lowest BCUT2D eigenvalue weighted by Gasteiger charge is -2.39. The number of rotatable bonds is 7. The number of carbonyl (C=O) groups is 1. The highest BCUT2D eigenvalue weighted by Gasteiger charge is 2.46. The minimum atomic E-state index is -1.75. The fourth-order valence-electron chi connectivity index (χ4n) is 3.97. The summed E-state index contributed by atoms with van der Waals surface area (Å²) in [6.45, 7) is 0.726. The molecule has 204 valence electrons. The van der Waals surface area contributed by atoms with Crippen LogP contribution in [0.25, 0.3) is 22.3 Å². The number of fused-ring (bicyclic) bond motifs is 1. The van der Waals surface area contributed by atoms with E-state index < -0.39 is 43.3 Å². The normalized spacial score (nSPS) is 23.2. The molecule has 5 atom stereocenters. The molecule has 1 aliphatic rings. The van der Waals surface area contributed by atoms with Gasteiger partial charge in [-0.1, -0.05) is 0 Å². The van der Waals surface area contributed by atoms with E-state index in [1.165, 1.54) is 38.5 Å². The SMILES string of the molecule is COc1cc(-c2[o+]c3cc(O)cc(O)c3cc2O[C@@H]2O[C@H](COC(C)=O)[C@@H](O)[C@H](O)[C@H]2O)cc(OC)c1O. The van der Waals surface area contributed by atoms with Crippen LogP contribution in [0.5, 0.6) is 34.5 Å². The fraction of sp³-hybridized carbons (Fsp3) is 0.360. The van der Waals surface area contributed by atoms with Crippen LogP contribution in [0.4, 0.5) is 0 Å². The molecule has 2 heterocycles. The Morgan fingerprint density at radius 3 is 2.18 bits per heavy atom. The highest BCUT2D eigenvalue weighted by Crippen LogP contribution is 2.45. The average Bonchev–Trinajstić information content (AvgIpc) is 2.88. The third-order valence-electron chi connectivity index (χ3n) is 5.92. The number of hydrogen-bond donors (Lipinski definition) is 6. The van der Waals surface area contributed by atoms with E-state index in [4.69, 9.17) is 28.1 Å². The van der Waals surface area contributed by atoms with Crippen molar-refractivity contribution in [2.75, 3.05) is 20.8 Å². The van der Waals surface area contributed by atoms with E-state index in [1.54, 1.807) is 0 Å². The van der Waals surface area contributed by atoms with Crippen LogP contribution in [0, 0.1) is 0 Å². The van der Waals surface area contributed by atoms with Crippen molar-refractivity contribution in [3.63, 3.8) is 0 Å². The maximum atomic E-state index is 11.2. The Morgan fingerprint density at radius 2 is 1.58 bits per heavy atom. The molecule has 0 saturated carbocycles. The molecule has 0 bridgehead atoms. The van der Waals surface area contributed by atoms with Crippen molar-refractivity contribution >= 4 is 16.9 Å². The number of phenolic OH excluding ortho intramolecular Hbond substituents is 3. The van der Waals surface area contributed by atoms with Crippen LogP contribution >= 0.6 is 0 Å². The summed E-state index contributed by atoms with van der Waals surface area (Å²) in [6.07, 6.45) is -7.92. The molecule has 13 heteroatoms. The molecule has 3 aromatic rings. The molecule has 0 amide bonds.